The monoisotopic (exact) mass is 213 g/mol. The normalized spacial score (nSPS) is 22.1. The Morgan fingerprint density at radius 1 is 1.33 bits per heavy atom. The molecule has 0 aliphatic carbocycles. The molecule has 15 heavy (non-hydrogen) atoms. The lowest BCUT2D eigenvalue weighted by atomic mass is 9.74. The number of nitrogens with zero attached hydrogens (tertiary/aromatic N) is 1. The van der Waals surface area contributed by atoms with Crippen LogP contribution < -0.4 is 0 Å². The Kier molecular flexibility index (Phi) is 4.14. The van der Waals surface area contributed by atoms with E-state index < -0.39 is 5.97 Å². The van der Waals surface area contributed by atoms with Crippen molar-refractivity contribution in [2.75, 3.05) is 13.1 Å². The number of hydrogen-bond donors (Lipinski definition) is 1. The molecule has 1 N–H and O–H groups in total. The zero-order valence-electron chi connectivity index (χ0n) is 10.1. The first-order chi connectivity index (χ1) is 7.08. The van der Waals surface area contributed by atoms with Gasteiger partial charge in [-0.05, 0) is 24.7 Å². The van der Waals surface area contributed by atoms with Crippen molar-refractivity contribution in [3.05, 3.63) is 0 Å². The summed E-state index contributed by atoms with van der Waals surface area (Å²) < 4.78 is 0. The fraction of sp³-hybridized carbons (Fsp3) is 0.917. The summed E-state index contributed by atoms with van der Waals surface area (Å²) in [5.74, 6) is -0.655. The molecule has 1 rings (SSSR count). The fourth-order valence-corrected chi connectivity index (χ4v) is 2.47. The standard InChI is InChI=1S/C12H23NO2/c1-4-7-10(11(14)15)13-8-12(5-2,6-3)9-13/h10H,4-9H2,1-3H3,(H,14,15). The molecule has 0 aromatic carbocycles. The van der Waals surface area contributed by atoms with Crippen LogP contribution in [-0.4, -0.2) is 35.1 Å². The van der Waals surface area contributed by atoms with Gasteiger partial charge < -0.3 is 5.11 Å². The summed E-state index contributed by atoms with van der Waals surface area (Å²) >= 11 is 0. The highest BCUT2D eigenvalue weighted by atomic mass is 16.4. The van der Waals surface area contributed by atoms with Crippen LogP contribution >= 0.6 is 0 Å². The third kappa shape index (κ3) is 2.51. The summed E-state index contributed by atoms with van der Waals surface area (Å²) in [7, 11) is 0. The largest absolute Gasteiger partial charge is 0.480 e. The molecular weight excluding hydrogens is 190 g/mol. The van der Waals surface area contributed by atoms with Crippen molar-refractivity contribution in [1.29, 1.82) is 0 Å². The Hall–Kier alpha value is -0.570. The number of carboxylic acids is 1. The number of aliphatic carboxylic acids is 1. The van der Waals surface area contributed by atoms with Gasteiger partial charge in [0.15, 0.2) is 0 Å². The van der Waals surface area contributed by atoms with E-state index >= 15 is 0 Å². The lowest BCUT2D eigenvalue weighted by Crippen LogP contribution is -2.61. The van der Waals surface area contributed by atoms with Crippen LogP contribution in [0, 0.1) is 5.41 Å². The van der Waals surface area contributed by atoms with Gasteiger partial charge in [0, 0.05) is 13.1 Å². The Morgan fingerprint density at radius 2 is 1.87 bits per heavy atom. The number of carbonyl (C=O) groups is 1. The molecule has 1 saturated heterocycles. The van der Waals surface area contributed by atoms with Gasteiger partial charge in [-0.15, -0.1) is 0 Å². The van der Waals surface area contributed by atoms with Crippen molar-refractivity contribution in [2.24, 2.45) is 5.41 Å². The predicted octanol–water partition coefficient (Wildman–Crippen LogP) is 2.36. The van der Waals surface area contributed by atoms with Crippen LogP contribution in [0.2, 0.25) is 0 Å². The minimum atomic E-state index is -0.655. The zero-order chi connectivity index (χ0) is 11.5. The molecule has 0 amide bonds. The molecule has 1 unspecified atom stereocenters. The van der Waals surface area contributed by atoms with Crippen molar-refractivity contribution < 1.29 is 9.90 Å². The van der Waals surface area contributed by atoms with E-state index in [9.17, 15) is 4.79 Å². The van der Waals surface area contributed by atoms with Gasteiger partial charge in [0.05, 0.1) is 0 Å². The summed E-state index contributed by atoms with van der Waals surface area (Å²) in [6.07, 6.45) is 4.05. The average Bonchev–Trinajstić information content (AvgIpc) is 2.15. The van der Waals surface area contributed by atoms with E-state index in [4.69, 9.17) is 5.11 Å². The molecule has 3 nitrogen and oxygen atoms in total. The topological polar surface area (TPSA) is 40.5 Å². The lowest BCUT2D eigenvalue weighted by Gasteiger charge is -2.52. The molecule has 0 aromatic heterocycles. The summed E-state index contributed by atoms with van der Waals surface area (Å²) in [6.45, 7) is 8.39. The molecule has 0 saturated carbocycles. The van der Waals surface area contributed by atoms with Crippen molar-refractivity contribution in [2.45, 2.75) is 52.5 Å². The third-order valence-electron chi connectivity index (χ3n) is 3.86. The molecule has 1 aliphatic heterocycles. The second-order valence-electron chi connectivity index (χ2n) is 4.75. The van der Waals surface area contributed by atoms with Gasteiger partial charge in [0.2, 0.25) is 0 Å². The molecule has 1 atom stereocenters. The summed E-state index contributed by atoms with van der Waals surface area (Å²) in [6, 6.07) is -0.249. The van der Waals surface area contributed by atoms with Gasteiger partial charge in [-0.25, -0.2) is 0 Å². The van der Waals surface area contributed by atoms with Gasteiger partial charge in [0.25, 0.3) is 0 Å². The van der Waals surface area contributed by atoms with Crippen LogP contribution in [0.15, 0.2) is 0 Å². The first kappa shape index (κ1) is 12.5. The molecule has 1 aliphatic rings. The fourth-order valence-electron chi connectivity index (χ4n) is 2.47. The number of rotatable bonds is 6. The maximum Gasteiger partial charge on any atom is 0.320 e. The van der Waals surface area contributed by atoms with E-state index in [-0.39, 0.29) is 6.04 Å². The van der Waals surface area contributed by atoms with Crippen LogP contribution in [0.1, 0.15) is 46.5 Å². The molecule has 1 fully saturated rings. The molecule has 0 spiro atoms. The van der Waals surface area contributed by atoms with Gasteiger partial charge in [-0.1, -0.05) is 27.2 Å². The quantitative estimate of drug-likeness (QED) is 0.736. The third-order valence-corrected chi connectivity index (χ3v) is 3.86. The molecule has 0 radical (unpaired) electrons. The van der Waals surface area contributed by atoms with E-state index in [1.54, 1.807) is 0 Å². The molecule has 88 valence electrons. The Bertz CT molecular complexity index is 216. The van der Waals surface area contributed by atoms with Gasteiger partial charge in [-0.3, -0.25) is 9.69 Å². The first-order valence-corrected chi connectivity index (χ1v) is 6.05. The molecule has 0 aromatic rings. The van der Waals surface area contributed by atoms with Crippen LogP contribution in [0.4, 0.5) is 0 Å². The average molecular weight is 213 g/mol. The maximum atomic E-state index is 11.1. The molecule has 1 heterocycles. The van der Waals surface area contributed by atoms with E-state index in [2.05, 4.69) is 18.7 Å². The van der Waals surface area contributed by atoms with Crippen molar-refractivity contribution in [3.63, 3.8) is 0 Å². The SMILES string of the molecule is CCCC(C(=O)O)N1CC(CC)(CC)C1. The smallest absolute Gasteiger partial charge is 0.320 e. The number of likely N-dealkylation sites (tertiary alicyclic amines) is 1. The summed E-state index contributed by atoms with van der Waals surface area (Å²) in [5, 5.41) is 9.11. The highest BCUT2D eigenvalue weighted by Crippen LogP contribution is 2.38. The minimum absolute atomic E-state index is 0.249. The first-order valence-electron chi connectivity index (χ1n) is 6.05. The molecular formula is C12H23NO2. The van der Waals surface area contributed by atoms with Crippen LogP contribution in [0.5, 0.6) is 0 Å². The summed E-state index contributed by atoms with van der Waals surface area (Å²) in [4.78, 5) is 13.2. The second kappa shape index (κ2) is 4.97. The Labute approximate surface area is 92.5 Å². The summed E-state index contributed by atoms with van der Waals surface area (Å²) in [5.41, 5.74) is 0.404. The Morgan fingerprint density at radius 3 is 2.20 bits per heavy atom. The van der Waals surface area contributed by atoms with E-state index in [1.807, 2.05) is 6.92 Å². The highest BCUT2D eigenvalue weighted by Gasteiger charge is 2.44. The van der Waals surface area contributed by atoms with Gasteiger partial charge in [-0.2, -0.15) is 0 Å². The number of carboxylic acid groups (broad SMARTS) is 1. The van der Waals surface area contributed by atoms with E-state index in [0.29, 0.717) is 5.41 Å². The van der Waals surface area contributed by atoms with E-state index in [0.717, 1.165) is 25.9 Å². The van der Waals surface area contributed by atoms with Gasteiger partial charge >= 0.3 is 5.97 Å². The maximum absolute atomic E-state index is 11.1. The highest BCUT2D eigenvalue weighted by molar-refractivity contribution is 5.73. The molecule has 3 heteroatoms. The van der Waals surface area contributed by atoms with E-state index in [1.165, 1.54) is 12.8 Å². The van der Waals surface area contributed by atoms with Crippen molar-refractivity contribution in [1.82, 2.24) is 4.90 Å². The number of hydrogen-bond acceptors (Lipinski definition) is 2. The van der Waals surface area contributed by atoms with Crippen LogP contribution in [-0.2, 0) is 4.79 Å². The van der Waals surface area contributed by atoms with Crippen molar-refractivity contribution >= 4 is 5.97 Å². The minimum Gasteiger partial charge on any atom is -0.480 e. The second-order valence-corrected chi connectivity index (χ2v) is 4.75. The lowest BCUT2D eigenvalue weighted by molar-refractivity contribution is -0.150. The van der Waals surface area contributed by atoms with Crippen LogP contribution in [0.25, 0.3) is 0 Å². The zero-order valence-corrected chi connectivity index (χ0v) is 10.1. The van der Waals surface area contributed by atoms with Gasteiger partial charge in [0.1, 0.15) is 6.04 Å². The Balaban J connectivity index is 2.50. The predicted molar refractivity (Wildman–Crippen MR) is 60.9 cm³/mol. The molecule has 0 bridgehead atoms. The van der Waals surface area contributed by atoms with Crippen molar-refractivity contribution in [3.8, 4) is 0 Å². The van der Waals surface area contributed by atoms with Crippen LogP contribution in [0.3, 0.4) is 0 Å².